The molecule has 0 fully saturated rings. The Kier molecular flexibility index (Phi) is 5.42. The zero-order chi connectivity index (χ0) is 15.1. The van der Waals surface area contributed by atoms with Gasteiger partial charge in [-0.1, -0.05) is 35.5 Å². The number of ether oxygens (including phenoxy) is 1. The van der Waals surface area contributed by atoms with Crippen molar-refractivity contribution in [1.29, 1.82) is 0 Å². The second-order valence-corrected chi connectivity index (χ2v) is 4.55. The molecule has 0 aliphatic carbocycles. The van der Waals surface area contributed by atoms with E-state index in [-0.39, 0.29) is 25.2 Å². The Morgan fingerprint density at radius 1 is 1.43 bits per heavy atom. The van der Waals surface area contributed by atoms with Crippen LogP contribution in [0.4, 0.5) is 0 Å². The van der Waals surface area contributed by atoms with Crippen LogP contribution >= 0.6 is 0 Å². The number of aromatic nitrogens is 2. The number of rotatable bonds is 7. The molecule has 1 aromatic heterocycles. The molecule has 0 radical (unpaired) electrons. The molecule has 1 aromatic carbocycles. The van der Waals surface area contributed by atoms with Gasteiger partial charge in [-0.15, -0.1) is 0 Å². The minimum absolute atomic E-state index is 0.0804. The van der Waals surface area contributed by atoms with E-state index in [0.29, 0.717) is 18.3 Å². The molecule has 0 spiro atoms. The van der Waals surface area contributed by atoms with Gasteiger partial charge < -0.3 is 20.3 Å². The maximum absolute atomic E-state index is 11.6. The van der Waals surface area contributed by atoms with Gasteiger partial charge in [0.15, 0.2) is 5.82 Å². The lowest BCUT2D eigenvalue weighted by Crippen LogP contribution is -2.34. The summed E-state index contributed by atoms with van der Waals surface area (Å²) in [5, 5.41) is 6.34. The third-order valence-corrected chi connectivity index (χ3v) is 2.78. The Morgan fingerprint density at radius 2 is 2.19 bits per heavy atom. The largest absolute Gasteiger partial charge is 0.362 e. The van der Waals surface area contributed by atoms with E-state index in [1.165, 1.54) is 0 Å². The van der Waals surface area contributed by atoms with Gasteiger partial charge in [-0.25, -0.2) is 0 Å². The fourth-order valence-electron chi connectivity index (χ4n) is 1.72. The van der Waals surface area contributed by atoms with Gasteiger partial charge in [0.2, 0.25) is 5.91 Å². The minimum Gasteiger partial charge on any atom is -0.362 e. The number of carbonyl (C=O) groups is 1. The van der Waals surface area contributed by atoms with E-state index in [9.17, 15) is 4.79 Å². The molecule has 2 aromatic rings. The fourth-order valence-corrected chi connectivity index (χ4v) is 1.72. The molecule has 1 amide bonds. The molecule has 0 bridgehead atoms. The number of hydrogen-bond acceptors (Lipinski definition) is 6. The second-order valence-electron chi connectivity index (χ2n) is 4.55. The highest BCUT2D eigenvalue weighted by atomic mass is 16.5. The third kappa shape index (κ3) is 4.97. The monoisotopic (exact) mass is 290 g/mol. The van der Waals surface area contributed by atoms with E-state index >= 15 is 0 Å². The Morgan fingerprint density at radius 3 is 2.86 bits per heavy atom. The molecule has 1 atom stereocenters. The van der Waals surface area contributed by atoms with E-state index in [4.69, 9.17) is 15.0 Å². The Balaban J connectivity index is 1.65. The highest BCUT2D eigenvalue weighted by molar-refractivity contribution is 5.77. The normalized spacial score (nSPS) is 12.1. The van der Waals surface area contributed by atoms with E-state index in [0.717, 1.165) is 5.56 Å². The standard InChI is InChI=1S/C14H18N4O3/c1-10-17-14(21-18-10)9-20-8-13(19)16-7-12(15)11-5-3-2-4-6-11/h2-6,12H,7-9,15H2,1H3,(H,16,19). The summed E-state index contributed by atoms with van der Waals surface area (Å²) in [7, 11) is 0. The SMILES string of the molecule is Cc1noc(COCC(=O)NCC(N)c2ccccc2)n1. The van der Waals surface area contributed by atoms with Gasteiger partial charge in [-0.2, -0.15) is 4.98 Å². The van der Waals surface area contributed by atoms with Crippen LogP contribution in [0.2, 0.25) is 0 Å². The molecule has 21 heavy (non-hydrogen) atoms. The minimum atomic E-state index is -0.242. The molecule has 7 nitrogen and oxygen atoms in total. The first kappa shape index (κ1) is 15.1. The molecule has 0 saturated carbocycles. The Bertz CT molecular complexity index is 571. The number of nitrogens with one attached hydrogen (secondary N) is 1. The fraction of sp³-hybridized carbons (Fsp3) is 0.357. The van der Waals surface area contributed by atoms with Crippen LogP contribution in [-0.4, -0.2) is 29.2 Å². The number of hydrogen-bond donors (Lipinski definition) is 2. The Labute approximate surface area is 122 Å². The number of carbonyl (C=O) groups excluding carboxylic acids is 1. The molecule has 1 heterocycles. The second kappa shape index (κ2) is 7.51. The number of nitrogens with two attached hydrogens (primary N) is 1. The summed E-state index contributed by atoms with van der Waals surface area (Å²) in [5.74, 6) is 0.644. The molecule has 0 aliphatic heterocycles. The van der Waals surface area contributed by atoms with Gasteiger partial charge in [-0.3, -0.25) is 4.79 Å². The quantitative estimate of drug-likeness (QED) is 0.778. The van der Waals surface area contributed by atoms with Crippen molar-refractivity contribution in [2.24, 2.45) is 5.73 Å². The van der Waals surface area contributed by atoms with Crippen molar-refractivity contribution in [3.8, 4) is 0 Å². The molecule has 7 heteroatoms. The molecular weight excluding hydrogens is 272 g/mol. The average Bonchev–Trinajstić information content (AvgIpc) is 2.91. The van der Waals surface area contributed by atoms with Crippen molar-refractivity contribution in [3.63, 3.8) is 0 Å². The Hall–Kier alpha value is -2.25. The summed E-state index contributed by atoms with van der Waals surface area (Å²) in [5.41, 5.74) is 6.95. The van der Waals surface area contributed by atoms with Crippen molar-refractivity contribution in [2.75, 3.05) is 13.2 Å². The lowest BCUT2D eigenvalue weighted by Gasteiger charge is -2.13. The molecule has 3 N–H and O–H groups in total. The first-order valence-corrected chi connectivity index (χ1v) is 6.59. The van der Waals surface area contributed by atoms with Crippen LogP contribution in [0.3, 0.4) is 0 Å². The molecule has 2 rings (SSSR count). The summed E-state index contributed by atoms with van der Waals surface area (Å²) >= 11 is 0. The smallest absolute Gasteiger partial charge is 0.252 e. The predicted octanol–water partition coefficient (Wildman–Crippen LogP) is 0.711. The first-order chi connectivity index (χ1) is 10.1. The van der Waals surface area contributed by atoms with Crippen LogP contribution in [-0.2, 0) is 16.1 Å². The highest BCUT2D eigenvalue weighted by Crippen LogP contribution is 2.07. The van der Waals surface area contributed by atoms with E-state index in [1.54, 1.807) is 6.92 Å². The number of aryl methyl sites for hydroxylation is 1. The van der Waals surface area contributed by atoms with Crippen molar-refractivity contribution in [3.05, 3.63) is 47.6 Å². The lowest BCUT2D eigenvalue weighted by atomic mass is 10.1. The zero-order valence-electron chi connectivity index (χ0n) is 11.8. The number of amides is 1. The van der Waals surface area contributed by atoms with E-state index < -0.39 is 0 Å². The van der Waals surface area contributed by atoms with Crippen LogP contribution in [0.25, 0.3) is 0 Å². The van der Waals surface area contributed by atoms with Crippen LogP contribution in [0.15, 0.2) is 34.9 Å². The van der Waals surface area contributed by atoms with Gasteiger partial charge in [0.05, 0.1) is 0 Å². The van der Waals surface area contributed by atoms with E-state index in [1.807, 2.05) is 30.3 Å². The summed E-state index contributed by atoms with van der Waals surface area (Å²) in [6.07, 6.45) is 0. The summed E-state index contributed by atoms with van der Waals surface area (Å²) in [4.78, 5) is 15.6. The highest BCUT2D eigenvalue weighted by Gasteiger charge is 2.09. The van der Waals surface area contributed by atoms with Crippen LogP contribution < -0.4 is 11.1 Å². The van der Waals surface area contributed by atoms with Gasteiger partial charge >= 0.3 is 0 Å². The zero-order valence-corrected chi connectivity index (χ0v) is 11.8. The summed E-state index contributed by atoms with van der Waals surface area (Å²) < 4.78 is 10.0. The number of nitrogens with zero attached hydrogens (tertiary/aromatic N) is 2. The molecule has 112 valence electrons. The third-order valence-electron chi connectivity index (χ3n) is 2.78. The molecule has 0 saturated heterocycles. The van der Waals surface area contributed by atoms with Gasteiger partial charge in [0.1, 0.15) is 13.2 Å². The lowest BCUT2D eigenvalue weighted by molar-refractivity contribution is -0.126. The number of benzene rings is 1. The molecule has 1 unspecified atom stereocenters. The average molecular weight is 290 g/mol. The van der Waals surface area contributed by atoms with Crippen LogP contribution in [0, 0.1) is 6.92 Å². The first-order valence-electron chi connectivity index (χ1n) is 6.59. The summed E-state index contributed by atoms with van der Waals surface area (Å²) in [6.45, 7) is 2.10. The topological polar surface area (TPSA) is 103 Å². The van der Waals surface area contributed by atoms with E-state index in [2.05, 4.69) is 15.5 Å². The van der Waals surface area contributed by atoms with Gasteiger partial charge in [-0.05, 0) is 12.5 Å². The summed E-state index contributed by atoms with van der Waals surface area (Å²) in [6, 6.07) is 9.34. The van der Waals surface area contributed by atoms with Gasteiger partial charge in [0.25, 0.3) is 5.89 Å². The van der Waals surface area contributed by atoms with Crippen molar-refractivity contribution in [1.82, 2.24) is 15.5 Å². The maximum atomic E-state index is 11.6. The molecule has 0 aliphatic rings. The predicted molar refractivity (Wildman–Crippen MR) is 75.1 cm³/mol. The van der Waals surface area contributed by atoms with Crippen molar-refractivity contribution in [2.45, 2.75) is 19.6 Å². The van der Waals surface area contributed by atoms with Crippen LogP contribution in [0.5, 0.6) is 0 Å². The van der Waals surface area contributed by atoms with Crippen molar-refractivity contribution >= 4 is 5.91 Å². The maximum Gasteiger partial charge on any atom is 0.252 e. The van der Waals surface area contributed by atoms with Crippen LogP contribution in [0.1, 0.15) is 23.3 Å². The molecular formula is C14H18N4O3. The van der Waals surface area contributed by atoms with Gasteiger partial charge in [0, 0.05) is 12.6 Å². The van der Waals surface area contributed by atoms with Crippen molar-refractivity contribution < 1.29 is 14.1 Å².